The summed E-state index contributed by atoms with van der Waals surface area (Å²) in [4.78, 5) is 9.23. The Hall–Kier alpha value is -1.87. The van der Waals surface area contributed by atoms with Crippen LogP contribution in [0.5, 0.6) is 0 Å². The second-order valence-corrected chi connectivity index (χ2v) is 8.96. The highest BCUT2D eigenvalue weighted by molar-refractivity contribution is 7.91. The van der Waals surface area contributed by atoms with Gasteiger partial charge in [0.25, 0.3) is 25.7 Å². The lowest BCUT2D eigenvalue weighted by Crippen LogP contribution is -2.15. The molecule has 0 radical (unpaired) electrons. The van der Waals surface area contributed by atoms with Crippen molar-refractivity contribution in [3.8, 4) is 0 Å². The zero-order valence-electron chi connectivity index (χ0n) is 11.7. The summed E-state index contributed by atoms with van der Waals surface area (Å²) in [7, 11) is -7.22. The molecule has 2 rings (SSSR count). The third-order valence-electron chi connectivity index (χ3n) is 2.54. The van der Waals surface area contributed by atoms with Gasteiger partial charge in [-0.05, 0) is 12.1 Å². The molecule has 0 unspecified atom stereocenters. The molecule has 2 N–H and O–H groups in total. The highest BCUT2D eigenvalue weighted by Crippen LogP contribution is 2.27. The standard InChI is InChI=1S/C9H8ClN5O6S3/c1-14-8(22-9(12-14)23(11,18)19)13-24(20,21)5-2-3-6(10)7(4-5)15(16)17/h2-4H,1H3,(H2,11,18,19)/b13-8+. The number of hydrogen-bond acceptors (Lipinski definition) is 8. The molecule has 1 aromatic carbocycles. The fourth-order valence-corrected chi connectivity index (χ4v) is 4.45. The number of nitro benzene ring substituents is 1. The molecule has 2 aromatic rings. The number of halogens is 1. The monoisotopic (exact) mass is 413 g/mol. The third-order valence-corrected chi connectivity index (χ3v) is 6.55. The zero-order chi connectivity index (χ0) is 18.3. The molecule has 130 valence electrons. The van der Waals surface area contributed by atoms with Gasteiger partial charge in [-0.3, -0.25) is 10.1 Å². The molecule has 0 atom stereocenters. The average Bonchev–Trinajstić information content (AvgIpc) is 2.79. The van der Waals surface area contributed by atoms with Crippen molar-refractivity contribution in [1.82, 2.24) is 9.78 Å². The van der Waals surface area contributed by atoms with Crippen molar-refractivity contribution >= 4 is 48.7 Å². The quantitative estimate of drug-likeness (QED) is 0.542. The predicted octanol–water partition coefficient (Wildman–Crippen LogP) is -0.0198. The van der Waals surface area contributed by atoms with Crippen LogP contribution in [0.15, 0.2) is 31.8 Å². The van der Waals surface area contributed by atoms with Crippen molar-refractivity contribution in [2.45, 2.75) is 9.24 Å². The molecular formula is C9H8ClN5O6S3. The molecule has 0 saturated heterocycles. The molecule has 0 amide bonds. The largest absolute Gasteiger partial charge is 0.289 e. The first kappa shape index (κ1) is 18.5. The van der Waals surface area contributed by atoms with Gasteiger partial charge in [0.15, 0.2) is 0 Å². The van der Waals surface area contributed by atoms with Crippen LogP contribution >= 0.6 is 22.9 Å². The fourth-order valence-electron chi connectivity index (χ4n) is 1.47. The first-order valence-corrected chi connectivity index (χ1v) is 9.92. The van der Waals surface area contributed by atoms with Gasteiger partial charge in [0.1, 0.15) is 5.02 Å². The van der Waals surface area contributed by atoms with Crippen molar-refractivity contribution in [1.29, 1.82) is 0 Å². The van der Waals surface area contributed by atoms with Crippen molar-refractivity contribution < 1.29 is 21.8 Å². The summed E-state index contributed by atoms with van der Waals surface area (Å²) in [5.74, 6) is 0. The van der Waals surface area contributed by atoms with Crippen LogP contribution in [0.2, 0.25) is 5.02 Å². The number of sulfonamides is 2. The molecule has 11 nitrogen and oxygen atoms in total. The van der Waals surface area contributed by atoms with Crippen LogP contribution in [0.25, 0.3) is 0 Å². The van der Waals surface area contributed by atoms with Crippen LogP contribution in [0.4, 0.5) is 5.69 Å². The lowest BCUT2D eigenvalue weighted by molar-refractivity contribution is -0.384. The SMILES string of the molecule is Cn1nc(S(N)(=O)=O)s/c1=N/S(=O)(=O)c1ccc(Cl)c([N+](=O)[O-])c1. The number of nitro groups is 1. The number of nitrogens with zero attached hydrogens (tertiary/aromatic N) is 4. The minimum atomic E-state index is -4.36. The molecular weight excluding hydrogens is 406 g/mol. The van der Waals surface area contributed by atoms with Crippen LogP contribution < -0.4 is 9.94 Å². The van der Waals surface area contributed by atoms with E-state index in [4.69, 9.17) is 16.7 Å². The van der Waals surface area contributed by atoms with Crippen LogP contribution in [0.1, 0.15) is 0 Å². The molecule has 15 heteroatoms. The maximum atomic E-state index is 12.3. The Balaban J connectivity index is 2.63. The van der Waals surface area contributed by atoms with Crippen molar-refractivity contribution in [3.05, 3.63) is 38.1 Å². The van der Waals surface area contributed by atoms with E-state index in [0.29, 0.717) is 11.3 Å². The van der Waals surface area contributed by atoms with Crippen molar-refractivity contribution in [2.75, 3.05) is 0 Å². The first-order valence-electron chi connectivity index (χ1n) is 5.74. The molecule has 0 aliphatic rings. The predicted molar refractivity (Wildman–Crippen MR) is 83.3 cm³/mol. The minimum absolute atomic E-state index is 0.237. The number of aromatic nitrogens is 2. The van der Waals surface area contributed by atoms with Crippen LogP contribution in [-0.4, -0.2) is 31.5 Å². The van der Waals surface area contributed by atoms with Gasteiger partial charge < -0.3 is 0 Å². The smallest absolute Gasteiger partial charge is 0.258 e. The second-order valence-electron chi connectivity index (χ2n) is 4.26. The van der Waals surface area contributed by atoms with E-state index in [0.717, 1.165) is 22.9 Å². The summed E-state index contributed by atoms with van der Waals surface area (Å²) >= 11 is 6.06. The molecule has 0 fully saturated rings. The number of hydrogen-bond donors (Lipinski definition) is 1. The van der Waals surface area contributed by atoms with Gasteiger partial charge in [-0.15, -0.1) is 9.50 Å². The Morgan fingerprint density at radius 2 is 2.00 bits per heavy atom. The average molecular weight is 414 g/mol. The molecule has 0 aliphatic heterocycles. The first-order chi connectivity index (χ1) is 10.9. The van der Waals surface area contributed by atoms with E-state index in [-0.39, 0.29) is 9.82 Å². The lowest BCUT2D eigenvalue weighted by Gasteiger charge is -2.00. The van der Waals surface area contributed by atoms with E-state index in [1.54, 1.807) is 0 Å². The second kappa shape index (κ2) is 6.21. The number of aryl methyl sites for hydroxylation is 1. The molecule has 0 spiro atoms. The molecule has 1 heterocycles. The van der Waals surface area contributed by atoms with Gasteiger partial charge in [0, 0.05) is 13.1 Å². The molecule has 1 aromatic heterocycles. The maximum absolute atomic E-state index is 12.3. The van der Waals surface area contributed by atoms with Crippen molar-refractivity contribution in [2.24, 2.45) is 16.6 Å². The Morgan fingerprint density at radius 3 is 2.50 bits per heavy atom. The maximum Gasteiger partial charge on any atom is 0.289 e. The van der Waals surface area contributed by atoms with Gasteiger partial charge >= 0.3 is 0 Å². The number of rotatable bonds is 4. The summed E-state index contributed by atoms with van der Waals surface area (Å²) in [6, 6.07) is 2.84. The van der Waals surface area contributed by atoms with E-state index in [2.05, 4.69) is 9.50 Å². The Morgan fingerprint density at radius 1 is 1.38 bits per heavy atom. The van der Waals surface area contributed by atoms with Gasteiger partial charge in [0.05, 0.1) is 9.82 Å². The Kier molecular flexibility index (Phi) is 4.78. The van der Waals surface area contributed by atoms with Gasteiger partial charge in [-0.2, -0.15) is 8.42 Å². The van der Waals surface area contributed by atoms with E-state index < -0.39 is 39.9 Å². The normalized spacial score (nSPS) is 13.2. The van der Waals surface area contributed by atoms with Crippen LogP contribution in [0.3, 0.4) is 0 Å². The number of benzene rings is 1. The van der Waals surface area contributed by atoms with Crippen molar-refractivity contribution in [3.63, 3.8) is 0 Å². The molecule has 24 heavy (non-hydrogen) atoms. The van der Waals surface area contributed by atoms with E-state index in [1.807, 2.05) is 0 Å². The lowest BCUT2D eigenvalue weighted by atomic mass is 10.3. The van der Waals surface area contributed by atoms with E-state index in [9.17, 15) is 26.9 Å². The molecule has 0 saturated carbocycles. The summed E-state index contributed by atoms with van der Waals surface area (Å²) < 4.78 is 50.8. The van der Waals surface area contributed by atoms with Crippen LogP contribution in [0, 0.1) is 10.1 Å². The van der Waals surface area contributed by atoms with E-state index >= 15 is 0 Å². The number of primary sulfonamides is 1. The minimum Gasteiger partial charge on any atom is -0.258 e. The summed E-state index contributed by atoms with van der Waals surface area (Å²) in [6.07, 6.45) is 0. The van der Waals surface area contributed by atoms with Gasteiger partial charge in [0.2, 0.25) is 9.14 Å². The Labute approximate surface area is 144 Å². The highest BCUT2D eigenvalue weighted by Gasteiger charge is 2.21. The fraction of sp³-hybridized carbons (Fsp3) is 0.111. The van der Waals surface area contributed by atoms with Crippen LogP contribution in [-0.2, 0) is 27.1 Å². The molecule has 0 bridgehead atoms. The zero-order valence-corrected chi connectivity index (χ0v) is 14.9. The molecule has 0 aliphatic carbocycles. The topological polar surface area (TPSA) is 168 Å². The highest BCUT2D eigenvalue weighted by atomic mass is 35.5. The third kappa shape index (κ3) is 3.78. The van der Waals surface area contributed by atoms with Gasteiger partial charge in [-0.25, -0.2) is 18.2 Å². The summed E-state index contributed by atoms with van der Waals surface area (Å²) in [5.41, 5.74) is -0.605. The summed E-state index contributed by atoms with van der Waals surface area (Å²) in [6.45, 7) is 0. The Bertz CT molecular complexity index is 1100. The van der Waals surface area contributed by atoms with E-state index in [1.165, 1.54) is 7.05 Å². The van der Waals surface area contributed by atoms with Gasteiger partial charge in [-0.1, -0.05) is 22.9 Å². The number of nitrogens with two attached hydrogens (primary N) is 1. The summed E-state index contributed by atoms with van der Waals surface area (Å²) in [5, 5.41) is 19.1.